The van der Waals surface area contributed by atoms with Crippen LogP contribution in [-0.2, 0) is 0 Å². The molecule has 17 heavy (non-hydrogen) atoms. The second-order valence-corrected chi connectivity index (χ2v) is 3.70. The first kappa shape index (κ1) is 11.8. The Labute approximate surface area is 103 Å². The number of nitrogens with one attached hydrogen (secondary N) is 2. The van der Waals surface area contributed by atoms with Gasteiger partial charge in [-0.3, -0.25) is 5.43 Å². The number of anilines is 1. The molecule has 0 unspecified atom stereocenters. The highest BCUT2D eigenvalue weighted by Gasteiger charge is 1.99. The molecule has 1 aromatic carbocycles. The van der Waals surface area contributed by atoms with E-state index in [0.717, 1.165) is 11.1 Å². The fourth-order valence-electron chi connectivity index (χ4n) is 1.30. The van der Waals surface area contributed by atoms with Crippen LogP contribution in [0, 0.1) is 0 Å². The molecule has 0 bridgehead atoms. The molecule has 3 N–H and O–H groups in total. The summed E-state index contributed by atoms with van der Waals surface area (Å²) in [5.74, 6) is 0.400. The minimum absolute atomic E-state index is 0.192. The Bertz CT molecular complexity index is 472. The molecule has 2 rings (SSSR count). The Kier molecular flexibility index (Phi) is 3.87. The van der Waals surface area contributed by atoms with E-state index in [4.69, 9.17) is 16.7 Å². The van der Waals surface area contributed by atoms with Gasteiger partial charge in [0, 0.05) is 23.0 Å². The lowest BCUT2D eigenvalue weighted by Crippen LogP contribution is -2.23. The number of halogens is 1. The van der Waals surface area contributed by atoms with Gasteiger partial charge < -0.3 is 5.11 Å². The number of rotatable bonds is 4. The molecule has 88 valence electrons. The van der Waals surface area contributed by atoms with Gasteiger partial charge in [-0.1, -0.05) is 23.7 Å². The summed E-state index contributed by atoms with van der Waals surface area (Å²) in [6.07, 6.45) is 3.38. The predicted molar refractivity (Wildman–Crippen MR) is 66.3 cm³/mol. The molecule has 1 heterocycles. The van der Waals surface area contributed by atoms with Crippen molar-refractivity contribution in [3.63, 3.8) is 0 Å². The summed E-state index contributed by atoms with van der Waals surface area (Å²) in [5.41, 5.74) is 7.03. The van der Waals surface area contributed by atoms with Gasteiger partial charge in [0.05, 0.1) is 0 Å². The zero-order valence-corrected chi connectivity index (χ0v) is 9.65. The third-order valence-corrected chi connectivity index (χ3v) is 2.36. The highest BCUT2D eigenvalue weighted by Crippen LogP contribution is 2.20. The van der Waals surface area contributed by atoms with Crippen LogP contribution in [0.15, 0.2) is 36.7 Å². The average Bonchev–Trinajstić information content (AvgIpc) is 2.38. The maximum atomic E-state index is 8.54. The summed E-state index contributed by atoms with van der Waals surface area (Å²) in [6.45, 7) is -0.192. The second kappa shape index (κ2) is 5.58. The Morgan fingerprint density at radius 1 is 1.06 bits per heavy atom. The van der Waals surface area contributed by atoms with Gasteiger partial charge >= 0.3 is 0 Å². The topological polar surface area (TPSA) is 70.1 Å². The smallest absolute Gasteiger partial charge is 0.237 e. The Balaban J connectivity index is 2.14. The number of hydrazine groups is 1. The van der Waals surface area contributed by atoms with E-state index in [9.17, 15) is 0 Å². The van der Waals surface area contributed by atoms with Crippen molar-refractivity contribution in [3.05, 3.63) is 41.7 Å². The van der Waals surface area contributed by atoms with Gasteiger partial charge in [-0.15, -0.1) is 0 Å². The molecule has 0 atom stereocenters. The minimum Gasteiger partial charge on any atom is -0.380 e. The van der Waals surface area contributed by atoms with Gasteiger partial charge in [-0.05, 0) is 17.7 Å². The van der Waals surface area contributed by atoms with E-state index in [0.29, 0.717) is 11.0 Å². The minimum atomic E-state index is -0.192. The lowest BCUT2D eigenvalue weighted by molar-refractivity contribution is 0.271. The molecular formula is C11H11ClN4O. The number of hydrogen-bond acceptors (Lipinski definition) is 5. The van der Waals surface area contributed by atoms with Gasteiger partial charge in [0.25, 0.3) is 0 Å². The summed E-state index contributed by atoms with van der Waals surface area (Å²) in [7, 11) is 0. The van der Waals surface area contributed by atoms with Gasteiger partial charge in [0.15, 0.2) is 0 Å². The van der Waals surface area contributed by atoms with Crippen molar-refractivity contribution in [2.24, 2.45) is 0 Å². The molecule has 0 fully saturated rings. The van der Waals surface area contributed by atoms with Crippen LogP contribution in [-0.4, -0.2) is 21.8 Å². The van der Waals surface area contributed by atoms with Gasteiger partial charge in [0.2, 0.25) is 5.95 Å². The summed E-state index contributed by atoms with van der Waals surface area (Å²) in [6, 6.07) is 7.44. The number of benzene rings is 1. The van der Waals surface area contributed by atoms with Crippen molar-refractivity contribution in [3.8, 4) is 11.1 Å². The van der Waals surface area contributed by atoms with Crippen LogP contribution in [0.25, 0.3) is 11.1 Å². The van der Waals surface area contributed by atoms with E-state index in [1.165, 1.54) is 0 Å². The molecule has 0 aliphatic rings. The first-order chi connectivity index (χ1) is 8.29. The molecule has 0 amide bonds. The zero-order chi connectivity index (χ0) is 12.1. The molecule has 0 aliphatic carbocycles. The monoisotopic (exact) mass is 250 g/mol. The van der Waals surface area contributed by atoms with Gasteiger partial charge in [-0.25, -0.2) is 15.4 Å². The number of nitrogens with zero attached hydrogens (tertiary/aromatic N) is 2. The normalized spacial score (nSPS) is 10.2. The molecule has 6 heteroatoms. The standard InChI is InChI=1S/C11H11ClN4O/c12-10-3-1-8(2-4-10)9-5-13-11(14-6-9)16-15-7-17/h1-6,15,17H,7H2,(H,13,14,16). The highest BCUT2D eigenvalue weighted by atomic mass is 35.5. The van der Waals surface area contributed by atoms with E-state index in [1.807, 2.05) is 24.3 Å². The largest absolute Gasteiger partial charge is 0.380 e. The molecule has 0 spiro atoms. The molecule has 5 nitrogen and oxygen atoms in total. The first-order valence-corrected chi connectivity index (χ1v) is 5.35. The quantitative estimate of drug-likeness (QED) is 0.569. The van der Waals surface area contributed by atoms with Crippen LogP contribution in [0.4, 0.5) is 5.95 Å². The van der Waals surface area contributed by atoms with Crippen LogP contribution in [0.3, 0.4) is 0 Å². The van der Waals surface area contributed by atoms with Crippen molar-refractivity contribution in [1.82, 2.24) is 15.4 Å². The van der Waals surface area contributed by atoms with E-state index < -0.39 is 0 Å². The van der Waals surface area contributed by atoms with Crippen molar-refractivity contribution >= 4 is 17.5 Å². The van der Waals surface area contributed by atoms with Crippen molar-refractivity contribution in [2.45, 2.75) is 0 Å². The van der Waals surface area contributed by atoms with Crippen molar-refractivity contribution < 1.29 is 5.11 Å². The summed E-state index contributed by atoms with van der Waals surface area (Å²) in [5, 5.41) is 9.24. The summed E-state index contributed by atoms with van der Waals surface area (Å²) < 4.78 is 0. The number of aliphatic hydroxyl groups is 1. The molecular weight excluding hydrogens is 240 g/mol. The molecule has 2 aromatic rings. The maximum Gasteiger partial charge on any atom is 0.237 e. The van der Waals surface area contributed by atoms with E-state index >= 15 is 0 Å². The Morgan fingerprint density at radius 3 is 2.29 bits per heavy atom. The van der Waals surface area contributed by atoms with Crippen LogP contribution >= 0.6 is 11.6 Å². The SMILES string of the molecule is OCNNc1ncc(-c2ccc(Cl)cc2)cn1. The van der Waals surface area contributed by atoms with Crippen LogP contribution in [0.1, 0.15) is 0 Å². The van der Waals surface area contributed by atoms with Crippen molar-refractivity contribution in [2.75, 3.05) is 12.2 Å². The first-order valence-electron chi connectivity index (χ1n) is 4.97. The van der Waals surface area contributed by atoms with Gasteiger partial charge in [0.1, 0.15) is 6.73 Å². The molecule has 0 radical (unpaired) electrons. The van der Waals surface area contributed by atoms with E-state index in [1.54, 1.807) is 12.4 Å². The fraction of sp³-hybridized carbons (Fsp3) is 0.0909. The van der Waals surface area contributed by atoms with Crippen LogP contribution in [0.2, 0.25) is 5.02 Å². The van der Waals surface area contributed by atoms with Crippen molar-refractivity contribution in [1.29, 1.82) is 0 Å². The molecule has 0 saturated carbocycles. The number of aromatic nitrogens is 2. The lowest BCUT2D eigenvalue weighted by atomic mass is 10.1. The van der Waals surface area contributed by atoms with E-state index in [-0.39, 0.29) is 6.73 Å². The fourth-order valence-corrected chi connectivity index (χ4v) is 1.43. The maximum absolute atomic E-state index is 8.54. The second-order valence-electron chi connectivity index (χ2n) is 3.26. The summed E-state index contributed by atoms with van der Waals surface area (Å²) >= 11 is 5.81. The Hall–Kier alpha value is -1.69. The van der Waals surface area contributed by atoms with Crippen LogP contribution < -0.4 is 10.9 Å². The highest BCUT2D eigenvalue weighted by molar-refractivity contribution is 6.30. The molecule has 1 aromatic heterocycles. The van der Waals surface area contributed by atoms with E-state index in [2.05, 4.69) is 20.8 Å². The lowest BCUT2D eigenvalue weighted by Gasteiger charge is -2.05. The molecule has 0 saturated heterocycles. The third-order valence-electron chi connectivity index (χ3n) is 2.11. The zero-order valence-electron chi connectivity index (χ0n) is 8.89. The van der Waals surface area contributed by atoms with Gasteiger partial charge in [-0.2, -0.15) is 0 Å². The summed E-state index contributed by atoms with van der Waals surface area (Å²) in [4.78, 5) is 8.17. The average molecular weight is 251 g/mol. The third kappa shape index (κ3) is 3.13. The number of hydrogen-bond donors (Lipinski definition) is 3. The van der Waals surface area contributed by atoms with Crippen LogP contribution in [0.5, 0.6) is 0 Å². The predicted octanol–water partition coefficient (Wildman–Crippen LogP) is 1.66. The Morgan fingerprint density at radius 2 is 1.71 bits per heavy atom. The number of aliphatic hydroxyl groups excluding tert-OH is 1. The molecule has 0 aliphatic heterocycles.